The molecule has 1 aliphatic carbocycles. The molecule has 2 aromatic rings. The predicted octanol–water partition coefficient (Wildman–Crippen LogP) is 3.70. The van der Waals surface area contributed by atoms with Crippen LogP contribution in [-0.2, 0) is 12.8 Å². The van der Waals surface area contributed by atoms with Gasteiger partial charge >= 0.3 is 0 Å². The summed E-state index contributed by atoms with van der Waals surface area (Å²) in [5, 5.41) is 6.94. The van der Waals surface area contributed by atoms with Crippen molar-refractivity contribution in [3.8, 4) is 0 Å². The van der Waals surface area contributed by atoms with Gasteiger partial charge in [0.05, 0.1) is 11.3 Å². The fraction of sp³-hybridized carbons (Fsp3) is 0.375. The van der Waals surface area contributed by atoms with Crippen LogP contribution in [0, 0.1) is 0 Å². The minimum absolute atomic E-state index is 0.105. The Morgan fingerprint density at radius 1 is 1.29 bits per heavy atom. The third kappa shape index (κ3) is 3.08. The first-order valence-corrected chi connectivity index (χ1v) is 8.10. The van der Waals surface area contributed by atoms with Crippen molar-refractivity contribution >= 4 is 28.1 Å². The molecule has 0 fully saturated rings. The quantitative estimate of drug-likeness (QED) is 0.905. The van der Waals surface area contributed by atoms with Crippen molar-refractivity contribution in [1.29, 1.82) is 0 Å². The monoisotopic (exact) mass is 301 g/mol. The van der Waals surface area contributed by atoms with E-state index in [1.54, 1.807) is 11.3 Å². The van der Waals surface area contributed by atoms with Crippen molar-refractivity contribution in [1.82, 2.24) is 4.98 Å². The first kappa shape index (κ1) is 14.1. The third-order valence-electron chi connectivity index (χ3n) is 3.43. The molecular formula is C16H19N3OS. The van der Waals surface area contributed by atoms with Gasteiger partial charge in [0.25, 0.3) is 5.91 Å². The molecule has 1 aliphatic rings. The molecular weight excluding hydrogens is 282 g/mol. The zero-order chi connectivity index (χ0) is 14.8. The molecule has 5 heteroatoms. The van der Waals surface area contributed by atoms with Crippen molar-refractivity contribution in [3.05, 3.63) is 40.4 Å². The van der Waals surface area contributed by atoms with Crippen LogP contribution in [0.25, 0.3) is 0 Å². The highest BCUT2D eigenvalue weighted by Gasteiger charge is 2.19. The van der Waals surface area contributed by atoms with E-state index in [9.17, 15) is 4.79 Å². The van der Waals surface area contributed by atoms with Crippen LogP contribution >= 0.6 is 11.3 Å². The standard InChI is InChI=1S/C16H19N3OS/c1-10(2)17-12-7-4-3-6-11(12)15(20)19-16-18-13-8-5-9-14(13)21-16/h3-4,6-7,10,17H,5,8-9H2,1-2H3,(H,18,19,20). The van der Waals surface area contributed by atoms with Crippen LogP contribution in [0.15, 0.2) is 24.3 Å². The number of nitrogens with zero attached hydrogens (tertiary/aromatic N) is 1. The molecule has 2 N–H and O–H groups in total. The van der Waals surface area contributed by atoms with Gasteiger partial charge in [-0.15, -0.1) is 11.3 Å². The Labute approximate surface area is 128 Å². The molecule has 0 spiro atoms. The van der Waals surface area contributed by atoms with E-state index in [0.717, 1.165) is 24.2 Å². The van der Waals surface area contributed by atoms with Gasteiger partial charge in [-0.25, -0.2) is 4.98 Å². The van der Waals surface area contributed by atoms with Crippen LogP contribution in [0.2, 0.25) is 0 Å². The summed E-state index contributed by atoms with van der Waals surface area (Å²) in [6, 6.07) is 7.85. The smallest absolute Gasteiger partial charge is 0.259 e. The summed E-state index contributed by atoms with van der Waals surface area (Å²) in [6.45, 7) is 4.11. The Balaban J connectivity index is 1.78. The fourth-order valence-electron chi connectivity index (χ4n) is 2.53. The Morgan fingerprint density at radius 3 is 2.86 bits per heavy atom. The average Bonchev–Trinajstić information content (AvgIpc) is 2.99. The molecule has 0 bridgehead atoms. The Bertz CT molecular complexity index is 642. The Kier molecular flexibility index (Phi) is 3.92. The van der Waals surface area contributed by atoms with E-state index in [0.29, 0.717) is 10.7 Å². The van der Waals surface area contributed by atoms with Crippen molar-refractivity contribution in [2.75, 3.05) is 10.6 Å². The number of anilines is 2. The first-order valence-electron chi connectivity index (χ1n) is 7.29. The lowest BCUT2D eigenvalue weighted by atomic mass is 10.1. The predicted molar refractivity (Wildman–Crippen MR) is 87.3 cm³/mol. The molecule has 1 aromatic heterocycles. The highest BCUT2D eigenvalue weighted by atomic mass is 32.1. The summed E-state index contributed by atoms with van der Waals surface area (Å²) >= 11 is 1.60. The number of carbonyl (C=O) groups excluding carboxylic acids is 1. The van der Waals surface area contributed by atoms with E-state index in [-0.39, 0.29) is 11.9 Å². The van der Waals surface area contributed by atoms with E-state index in [1.165, 1.54) is 11.3 Å². The summed E-state index contributed by atoms with van der Waals surface area (Å²) in [5.41, 5.74) is 2.67. The largest absolute Gasteiger partial charge is 0.382 e. The molecule has 110 valence electrons. The van der Waals surface area contributed by atoms with Crippen molar-refractivity contribution in [2.24, 2.45) is 0 Å². The maximum Gasteiger partial charge on any atom is 0.259 e. The van der Waals surface area contributed by atoms with E-state index in [2.05, 4.69) is 29.5 Å². The molecule has 0 radical (unpaired) electrons. The van der Waals surface area contributed by atoms with Crippen LogP contribution in [0.3, 0.4) is 0 Å². The minimum Gasteiger partial charge on any atom is -0.382 e. The lowest BCUT2D eigenvalue weighted by Crippen LogP contribution is -2.17. The number of benzene rings is 1. The number of amides is 1. The second kappa shape index (κ2) is 5.85. The number of fused-ring (bicyclic) bond motifs is 1. The molecule has 1 amide bonds. The van der Waals surface area contributed by atoms with Gasteiger partial charge in [0, 0.05) is 16.6 Å². The lowest BCUT2D eigenvalue weighted by Gasteiger charge is -2.13. The van der Waals surface area contributed by atoms with Crippen LogP contribution in [-0.4, -0.2) is 16.9 Å². The zero-order valence-corrected chi connectivity index (χ0v) is 13.1. The summed E-state index contributed by atoms with van der Waals surface area (Å²) in [4.78, 5) is 18.3. The molecule has 1 aromatic carbocycles. The fourth-order valence-corrected chi connectivity index (χ4v) is 3.57. The van der Waals surface area contributed by atoms with Gasteiger partial charge in [0.2, 0.25) is 0 Å². The van der Waals surface area contributed by atoms with Gasteiger partial charge in [-0.3, -0.25) is 10.1 Å². The number of rotatable bonds is 4. The van der Waals surface area contributed by atoms with Crippen LogP contribution in [0.5, 0.6) is 0 Å². The number of nitrogens with one attached hydrogen (secondary N) is 2. The van der Waals surface area contributed by atoms with Crippen LogP contribution in [0.1, 0.15) is 41.2 Å². The zero-order valence-electron chi connectivity index (χ0n) is 12.3. The number of hydrogen-bond acceptors (Lipinski definition) is 4. The van der Waals surface area contributed by atoms with E-state index < -0.39 is 0 Å². The topological polar surface area (TPSA) is 54.0 Å². The summed E-state index contributed by atoms with van der Waals surface area (Å²) in [7, 11) is 0. The molecule has 0 atom stereocenters. The first-order chi connectivity index (χ1) is 10.1. The number of carbonyl (C=O) groups is 1. The van der Waals surface area contributed by atoms with Crippen molar-refractivity contribution in [2.45, 2.75) is 39.2 Å². The molecule has 21 heavy (non-hydrogen) atoms. The second-order valence-corrected chi connectivity index (χ2v) is 6.62. The Morgan fingerprint density at radius 2 is 2.10 bits per heavy atom. The summed E-state index contributed by atoms with van der Waals surface area (Å²) in [5.74, 6) is -0.105. The molecule has 0 aliphatic heterocycles. The van der Waals surface area contributed by atoms with Crippen LogP contribution in [0.4, 0.5) is 10.8 Å². The average molecular weight is 301 g/mol. The second-order valence-electron chi connectivity index (χ2n) is 5.54. The normalized spacial score (nSPS) is 13.3. The molecule has 0 saturated heterocycles. The molecule has 0 unspecified atom stereocenters. The van der Waals surface area contributed by atoms with Crippen molar-refractivity contribution in [3.63, 3.8) is 0 Å². The number of aryl methyl sites for hydroxylation is 2. The highest BCUT2D eigenvalue weighted by Crippen LogP contribution is 2.31. The van der Waals surface area contributed by atoms with Gasteiger partial charge in [-0.1, -0.05) is 12.1 Å². The Hall–Kier alpha value is -1.88. The number of aromatic nitrogens is 1. The number of para-hydroxylation sites is 1. The summed E-state index contributed by atoms with van der Waals surface area (Å²) < 4.78 is 0. The number of thiazole rings is 1. The van der Waals surface area contributed by atoms with Crippen molar-refractivity contribution < 1.29 is 4.79 Å². The van der Waals surface area contributed by atoms with Crippen LogP contribution < -0.4 is 10.6 Å². The maximum absolute atomic E-state index is 12.5. The van der Waals surface area contributed by atoms with Gasteiger partial charge in [0.15, 0.2) is 5.13 Å². The van der Waals surface area contributed by atoms with E-state index in [4.69, 9.17) is 0 Å². The van der Waals surface area contributed by atoms with Gasteiger partial charge in [-0.2, -0.15) is 0 Å². The summed E-state index contributed by atoms with van der Waals surface area (Å²) in [6.07, 6.45) is 3.31. The molecule has 0 saturated carbocycles. The molecule has 4 nitrogen and oxygen atoms in total. The van der Waals surface area contributed by atoms with Gasteiger partial charge < -0.3 is 5.32 Å². The lowest BCUT2D eigenvalue weighted by molar-refractivity contribution is 0.102. The SMILES string of the molecule is CC(C)Nc1ccccc1C(=O)Nc1nc2c(s1)CCC2. The highest BCUT2D eigenvalue weighted by molar-refractivity contribution is 7.16. The minimum atomic E-state index is -0.105. The van der Waals surface area contributed by atoms with Gasteiger partial charge in [-0.05, 0) is 45.2 Å². The third-order valence-corrected chi connectivity index (χ3v) is 4.50. The maximum atomic E-state index is 12.5. The number of hydrogen-bond donors (Lipinski definition) is 2. The van der Waals surface area contributed by atoms with E-state index >= 15 is 0 Å². The molecule has 3 rings (SSSR count). The van der Waals surface area contributed by atoms with Gasteiger partial charge in [0.1, 0.15) is 0 Å². The van der Waals surface area contributed by atoms with E-state index in [1.807, 2.05) is 24.3 Å². The molecule has 1 heterocycles.